The van der Waals surface area contributed by atoms with Gasteiger partial charge in [-0.15, -0.1) is 0 Å². The van der Waals surface area contributed by atoms with E-state index in [0.717, 1.165) is 44.5 Å². The number of likely N-dealkylation sites (tertiary alicyclic amines) is 1. The molecule has 1 amide bonds. The monoisotopic (exact) mass is 496 g/mol. The van der Waals surface area contributed by atoms with Crippen molar-refractivity contribution in [1.29, 1.82) is 0 Å². The second-order valence-corrected chi connectivity index (χ2v) is 9.91. The van der Waals surface area contributed by atoms with Gasteiger partial charge in [0.05, 0.1) is 11.7 Å². The van der Waals surface area contributed by atoms with Crippen LogP contribution in [0.5, 0.6) is 0 Å². The number of piperidine rings is 1. The summed E-state index contributed by atoms with van der Waals surface area (Å²) in [5, 5.41) is 3.45. The number of benzene rings is 1. The van der Waals surface area contributed by atoms with Gasteiger partial charge in [-0.3, -0.25) is 4.79 Å². The third-order valence-electron chi connectivity index (χ3n) is 7.33. The second-order valence-electron chi connectivity index (χ2n) is 9.91. The molecule has 0 radical (unpaired) electrons. The van der Waals surface area contributed by atoms with Crippen molar-refractivity contribution in [2.45, 2.75) is 44.3 Å². The van der Waals surface area contributed by atoms with Crippen molar-refractivity contribution >= 4 is 28.6 Å². The fourth-order valence-corrected chi connectivity index (χ4v) is 4.87. The molecule has 188 valence electrons. The van der Waals surface area contributed by atoms with Crippen molar-refractivity contribution in [3.05, 3.63) is 53.4 Å². The van der Waals surface area contributed by atoms with E-state index in [1.54, 1.807) is 17.2 Å². The van der Waals surface area contributed by atoms with Crippen LogP contribution in [0.1, 0.15) is 54.3 Å². The molecule has 2 aliphatic heterocycles. The molecule has 3 aromatic rings. The second kappa shape index (κ2) is 9.22. The quantitative estimate of drug-likeness (QED) is 0.536. The Morgan fingerprint density at radius 1 is 1.00 bits per heavy atom. The zero-order valence-corrected chi connectivity index (χ0v) is 19.8. The molecule has 3 aliphatic rings. The summed E-state index contributed by atoms with van der Waals surface area (Å²) < 4.78 is 42.5. The van der Waals surface area contributed by atoms with Gasteiger partial charge in [0, 0.05) is 43.9 Å². The van der Waals surface area contributed by atoms with Gasteiger partial charge in [-0.25, -0.2) is 28.1 Å². The number of alkyl halides is 1. The van der Waals surface area contributed by atoms with Crippen LogP contribution in [0.25, 0.3) is 11.0 Å². The van der Waals surface area contributed by atoms with E-state index in [-0.39, 0.29) is 17.4 Å². The van der Waals surface area contributed by atoms with Crippen LogP contribution in [-0.4, -0.2) is 58.0 Å². The number of hydrogen-bond acceptors (Lipinski definition) is 6. The van der Waals surface area contributed by atoms with E-state index >= 15 is 4.39 Å². The highest BCUT2D eigenvalue weighted by molar-refractivity contribution is 5.96. The van der Waals surface area contributed by atoms with Gasteiger partial charge < -0.3 is 15.1 Å². The predicted octanol–water partition coefficient (Wildman–Crippen LogP) is 4.65. The molecule has 3 fully saturated rings. The van der Waals surface area contributed by atoms with E-state index in [1.807, 2.05) is 0 Å². The Morgan fingerprint density at radius 3 is 2.44 bits per heavy atom. The maximum Gasteiger partial charge on any atom is 0.272 e. The molecule has 1 aliphatic carbocycles. The van der Waals surface area contributed by atoms with Crippen molar-refractivity contribution in [1.82, 2.24) is 19.9 Å². The number of aromatic nitrogens is 3. The summed E-state index contributed by atoms with van der Waals surface area (Å²) in [6, 6.07) is 5.06. The molecule has 10 heteroatoms. The lowest BCUT2D eigenvalue weighted by Gasteiger charge is -2.35. The van der Waals surface area contributed by atoms with Gasteiger partial charge in [0.25, 0.3) is 5.91 Å². The van der Waals surface area contributed by atoms with E-state index in [1.165, 1.54) is 6.07 Å². The fraction of sp³-hybridized carbons (Fsp3) is 0.462. The highest BCUT2D eigenvalue weighted by atomic mass is 19.1. The van der Waals surface area contributed by atoms with Gasteiger partial charge >= 0.3 is 0 Å². The van der Waals surface area contributed by atoms with Crippen LogP contribution < -0.4 is 10.2 Å². The van der Waals surface area contributed by atoms with Crippen molar-refractivity contribution in [2.24, 2.45) is 5.92 Å². The van der Waals surface area contributed by atoms with Crippen LogP contribution in [-0.2, 0) is 0 Å². The Bertz CT molecular complexity index is 1300. The Labute approximate surface area is 206 Å². The minimum atomic E-state index is -1.49. The summed E-state index contributed by atoms with van der Waals surface area (Å²) >= 11 is 0. The van der Waals surface area contributed by atoms with Gasteiger partial charge in [-0.2, -0.15) is 0 Å². The third kappa shape index (κ3) is 4.44. The van der Waals surface area contributed by atoms with E-state index in [4.69, 9.17) is 9.97 Å². The third-order valence-corrected chi connectivity index (χ3v) is 7.33. The molecule has 0 unspecified atom stereocenters. The standard InChI is InChI=1S/C26H27F3N6O/c27-16-2-5-18(19(28)12-16)23(29)15-6-10-34(11-7-15)25-24(31-17-3-4-17)32-20-13-21(30-14-22(20)33-25)26(36)35-8-1-9-35/h2,5,12-15,17,23H,1,3-4,6-11H2,(H,31,32)/t23-/m1/s1. The first-order valence-electron chi connectivity index (χ1n) is 12.5. The molecule has 1 aromatic carbocycles. The minimum absolute atomic E-state index is 0.0915. The number of hydrogen-bond donors (Lipinski definition) is 1. The van der Waals surface area contributed by atoms with Crippen LogP contribution in [0.2, 0.25) is 0 Å². The zero-order chi connectivity index (χ0) is 24.8. The smallest absolute Gasteiger partial charge is 0.272 e. The number of nitrogens with one attached hydrogen (secondary N) is 1. The van der Waals surface area contributed by atoms with E-state index in [0.29, 0.717) is 60.3 Å². The minimum Gasteiger partial charge on any atom is -0.364 e. The van der Waals surface area contributed by atoms with E-state index in [2.05, 4.69) is 15.2 Å². The predicted molar refractivity (Wildman–Crippen MR) is 130 cm³/mol. The molecular formula is C26H27F3N6O. The summed E-state index contributed by atoms with van der Waals surface area (Å²) in [6.07, 6.45) is 4.22. The summed E-state index contributed by atoms with van der Waals surface area (Å²) in [5.74, 6) is -0.688. The zero-order valence-electron chi connectivity index (χ0n) is 19.8. The molecule has 0 spiro atoms. The van der Waals surface area contributed by atoms with Gasteiger partial charge in [0.2, 0.25) is 0 Å². The number of carbonyl (C=O) groups excluding carboxylic acids is 1. The summed E-state index contributed by atoms with van der Waals surface area (Å²) in [5.41, 5.74) is 1.46. The lowest BCUT2D eigenvalue weighted by atomic mass is 9.88. The number of anilines is 2. The van der Waals surface area contributed by atoms with Crippen LogP contribution in [0.3, 0.4) is 0 Å². The van der Waals surface area contributed by atoms with Crippen molar-refractivity contribution in [3.8, 4) is 0 Å². The Hall–Kier alpha value is -3.43. The molecule has 0 bridgehead atoms. The van der Waals surface area contributed by atoms with Gasteiger partial charge in [-0.05, 0) is 50.2 Å². The highest BCUT2D eigenvalue weighted by Gasteiger charge is 2.32. The highest BCUT2D eigenvalue weighted by Crippen LogP contribution is 2.38. The number of pyridine rings is 1. The molecule has 2 saturated heterocycles. The number of amides is 1. The normalized spacial score (nSPS) is 19.3. The van der Waals surface area contributed by atoms with Crippen LogP contribution in [0.4, 0.5) is 24.8 Å². The molecule has 2 aromatic heterocycles. The van der Waals surface area contributed by atoms with Crippen LogP contribution in [0.15, 0.2) is 30.5 Å². The first-order valence-corrected chi connectivity index (χ1v) is 12.5. The molecule has 6 rings (SSSR count). The summed E-state index contributed by atoms with van der Waals surface area (Å²) in [4.78, 5) is 30.4. The number of nitrogens with zero attached hydrogens (tertiary/aromatic N) is 5. The van der Waals surface area contributed by atoms with Gasteiger partial charge in [0.1, 0.15) is 29.0 Å². The van der Waals surface area contributed by atoms with E-state index in [9.17, 15) is 13.6 Å². The average molecular weight is 497 g/mol. The lowest BCUT2D eigenvalue weighted by Crippen LogP contribution is -2.42. The fourth-order valence-electron chi connectivity index (χ4n) is 4.87. The first-order chi connectivity index (χ1) is 17.5. The summed E-state index contributed by atoms with van der Waals surface area (Å²) in [6.45, 7) is 2.57. The Morgan fingerprint density at radius 2 is 1.78 bits per heavy atom. The van der Waals surface area contributed by atoms with Gasteiger partial charge in [-0.1, -0.05) is 6.07 Å². The number of rotatable bonds is 6. The molecule has 1 N–H and O–H groups in total. The van der Waals surface area contributed by atoms with Crippen molar-refractivity contribution in [3.63, 3.8) is 0 Å². The first kappa shape index (κ1) is 23.0. The largest absolute Gasteiger partial charge is 0.364 e. The topological polar surface area (TPSA) is 74.2 Å². The maximum absolute atomic E-state index is 15.1. The number of fused-ring (bicyclic) bond motifs is 1. The molecule has 7 nitrogen and oxygen atoms in total. The summed E-state index contributed by atoms with van der Waals surface area (Å²) in [7, 11) is 0. The molecule has 1 saturated carbocycles. The Kier molecular flexibility index (Phi) is 5.89. The SMILES string of the molecule is O=C(c1cc2nc(NC3CC3)c(N3CCC([C@@H](F)c4ccc(F)cc4F)CC3)nc2cn1)N1CCC1. The van der Waals surface area contributed by atoms with E-state index < -0.39 is 17.8 Å². The molecule has 36 heavy (non-hydrogen) atoms. The van der Waals surface area contributed by atoms with Gasteiger partial charge in [0.15, 0.2) is 11.6 Å². The number of carbonyl (C=O) groups is 1. The molecular weight excluding hydrogens is 469 g/mol. The van der Waals surface area contributed by atoms with Crippen molar-refractivity contribution < 1.29 is 18.0 Å². The molecule has 4 heterocycles. The number of halogens is 3. The average Bonchev–Trinajstić information content (AvgIpc) is 3.66. The maximum atomic E-state index is 15.1. The van der Waals surface area contributed by atoms with Crippen LogP contribution in [0, 0.1) is 17.6 Å². The molecule has 1 atom stereocenters. The Balaban J connectivity index is 1.23. The van der Waals surface area contributed by atoms with Crippen LogP contribution >= 0.6 is 0 Å². The van der Waals surface area contributed by atoms with Crippen molar-refractivity contribution in [2.75, 3.05) is 36.4 Å². The lowest BCUT2D eigenvalue weighted by molar-refractivity contribution is 0.0646.